The molecule has 0 bridgehead atoms. The third-order valence-electron chi connectivity index (χ3n) is 4.57. The van der Waals surface area contributed by atoms with Crippen LogP contribution in [0, 0.1) is 5.92 Å². The summed E-state index contributed by atoms with van der Waals surface area (Å²) in [5.41, 5.74) is 0.844. The number of nitrogens with zero attached hydrogens (tertiary/aromatic N) is 5. The molecular weight excluding hydrogens is 459 g/mol. The highest BCUT2D eigenvalue weighted by Crippen LogP contribution is 2.16. The topological polar surface area (TPSA) is 75.0 Å². The summed E-state index contributed by atoms with van der Waals surface area (Å²) in [6, 6.07) is 0. The Labute approximate surface area is 179 Å². The molecule has 2 rings (SSSR count). The van der Waals surface area contributed by atoms with Crippen molar-refractivity contribution >= 4 is 41.5 Å². The number of aliphatic imine (C=N–C) groups is 1. The van der Waals surface area contributed by atoms with Crippen molar-refractivity contribution in [1.82, 2.24) is 20.0 Å². The highest BCUT2D eigenvalue weighted by Gasteiger charge is 2.27. The molecule has 1 aliphatic rings. The Hall–Kier alpha value is -1.36. The molecule has 1 fully saturated rings. The molecule has 1 aliphatic heterocycles. The van der Waals surface area contributed by atoms with E-state index in [-0.39, 0.29) is 36.0 Å². The van der Waals surface area contributed by atoms with Crippen LogP contribution < -0.4 is 10.2 Å². The van der Waals surface area contributed by atoms with Gasteiger partial charge in [0.15, 0.2) is 5.96 Å². The number of rotatable bonds is 7. The summed E-state index contributed by atoms with van der Waals surface area (Å²) >= 11 is 0. The number of piperazine rings is 1. The van der Waals surface area contributed by atoms with Gasteiger partial charge in [0, 0.05) is 46.5 Å². The first-order chi connectivity index (χ1) is 12.5. The van der Waals surface area contributed by atoms with E-state index < -0.39 is 0 Å². The Morgan fingerprint density at radius 1 is 1.41 bits per heavy atom. The zero-order valence-corrected chi connectivity index (χ0v) is 19.3. The molecule has 1 aromatic heterocycles. The molecule has 0 radical (unpaired) electrons. The van der Waals surface area contributed by atoms with Crippen molar-refractivity contribution < 1.29 is 9.53 Å². The van der Waals surface area contributed by atoms with Crippen LogP contribution in [0.15, 0.2) is 17.4 Å². The summed E-state index contributed by atoms with van der Waals surface area (Å²) in [5, 5.41) is 7.51. The third kappa shape index (κ3) is 6.63. The number of guanidine groups is 1. The first kappa shape index (κ1) is 23.7. The zero-order chi connectivity index (χ0) is 19.1. The highest BCUT2D eigenvalue weighted by atomic mass is 127. The Morgan fingerprint density at radius 2 is 2.15 bits per heavy atom. The van der Waals surface area contributed by atoms with E-state index in [1.54, 1.807) is 22.8 Å². The molecule has 1 saturated heterocycles. The zero-order valence-electron chi connectivity index (χ0n) is 17.0. The van der Waals surface area contributed by atoms with Crippen LogP contribution in [-0.4, -0.2) is 72.5 Å². The van der Waals surface area contributed by atoms with Crippen LogP contribution >= 0.6 is 24.0 Å². The monoisotopic (exact) mass is 492 g/mol. The normalized spacial score (nSPS) is 16.5. The largest absolute Gasteiger partial charge is 0.378 e. The molecule has 1 amide bonds. The van der Waals surface area contributed by atoms with E-state index in [1.807, 2.05) is 25.1 Å². The number of aromatic nitrogens is 2. The lowest BCUT2D eigenvalue weighted by Crippen LogP contribution is -2.55. The van der Waals surface area contributed by atoms with Crippen LogP contribution in [0.25, 0.3) is 0 Å². The van der Waals surface area contributed by atoms with E-state index in [1.165, 1.54) is 0 Å². The molecule has 27 heavy (non-hydrogen) atoms. The number of carbonyl (C=O) groups is 1. The van der Waals surface area contributed by atoms with Crippen molar-refractivity contribution in [3.63, 3.8) is 0 Å². The van der Waals surface area contributed by atoms with Crippen molar-refractivity contribution in [1.29, 1.82) is 0 Å². The van der Waals surface area contributed by atoms with Crippen molar-refractivity contribution in [3.05, 3.63) is 12.4 Å². The predicted octanol–water partition coefficient (Wildman–Crippen LogP) is 1.71. The number of aryl methyl sites for hydroxylation is 1. The lowest BCUT2D eigenvalue weighted by atomic mass is 10.0. The van der Waals surface area contributed by atoms with Crippen molar-refractivity contribution in [2.75, 3.05) is 44.7 Å². The van der Waals surface area contributed by atoms with Crippen LogP contribution in [0.1, 0.15) is 27.2 Å². The first-order valence-corrected chi connectivity index (χ1v) is 9.32. The lowest BCUT2D eigenvalue weighted by molar-refractivity contribution is -0.120. The molecule has 154 valence electrons. The Kier molecular flexibility index (Phi) is 10.1. The fraction of sp³-hybridized carbons (Fsp3) is 0.722. The van der Waals surface area contributed by atoms with Crippen LogP contribution in [0.5, 0.6) is 0 Å². The van der Waals surface area contributed by atoms with E-state index in [0.29, 0.717) is 19.0 Å². The molecule has 1 N–H and O–H groups in total. The van der Waals surface area contributed by atoms with E-state index >= 15 is 0 Å². The maximum Gasteiger partial charge on any atom is 0.246 e. The van der Waals surface area contributed by atoms with Gasteiger partial charge in [-0.05, 0) is 19.3 Å². The number of hydrogen-bond acceptors (Lipinski definition) is 4. The fourth-order valence-electron chi connectivity index (χ4n) is 3.16. The number of carbonyl (C=O) groups excluding carboxylic acids is 1. The lowest BCUT2D eigenvalue weighted by Gasteiger charge is -2.35. The number of hydrogen-bond donors (Lipinski definition) is 1. The summed E-state index contributed by atoms with van der Waals surface area (Å²) in [7, 11) is 3.60. The molecular formula is C18H33IN6O2. The van der Waals surface area contributed by atoms with Crippen LogP contribution in [0.3, 0.4) is 0 Å². The predicted molar refractivity (Wildman–Crippen MR) is 119 cm³/mol. The van der Waals surface area contributed by atoms with Gasteiger partial charge in [0.1, 0.15) is 6.54 Å². The van der Waals surface area contributed by atoms with Crippen LogP contribution in [0.4, 0.5) is 5.69 Å². The number of anilines is 1. The standard InChI is InChI=1S/C18H32N6O2.HI/c1-6-26-16(14(2)3)7-8-20-18(19-4)23-9-10-24(17(25)13-23)15-11-21-22(5)12-15;/h11-12,14,16H,6-10,13H2,1-5H3,(H,19,20);1H. The Bertz CT molecular complexity index is 619. The number of nitrogens with one attached hydrogen (secondary N) is 1. The molecule has 0 spiro atoms. The maximum absolute atomic E-state index is 12.5. The molecule has 1 aromatic rings. The second-order valence-corrected chi connectivity index (χ2v) is 6.84. The van der Waals surface area contributed by atoms with E-state index in [4.69, 9.17) is 4.74 Å². The van der Waals surface area contributed by atoms with E-state index in [2.05, 4.69) is 29.3 Å². The van der Waals surface area contributed by atoms with Gasteiger partial charge in [0.05, 0.1) is 18.0 Å². The van der Waals surface area contributed by atoms with E-state index in [0.717, 1.165) is 37.8 Å². The van der Waals surface area contributed by atoms with Gasteiger partial charge >= 0.3 is 0 Å². The van der Waals surface area contributed by atoms with Gasteiger partial charge in [-0.25, -0.2) is 0 Å². The second kappa shape index (κ2) is 11.5. The molecule has 8 nitrogen and oxygen atoms in total. The first-order valence-electron chi connectivity index (χ1n) is 9.32. The smallest absolute Gasteiger partial charge is 0.246 e. The summed E-state index contributed by atoms with van der Waals surface area (Å²) in [6.07, 6.45) is 4.73. The Morgan fingerprint density at radius 3 is 2.67 bits per heavy atom. The Balaban J connectivity index is 0.00000364. The molecule has 1 atom stereocenters. The SMILES string of the molecule is CCOC(CCNC(=NC)N1CCN(c2cnn(C)c2)C(=O)C1)C(C)C.I. The maximum atomic E-state index is 12.5. The minimum Gasteiger partial charge on any atom is -0.378 e. The molecule has 1 unspecified atom stereocenters. The van der Waals surface area contributed by atoms with Gasteiger partial charge in [-0.15, -0.1) is 24.0 Å². The molecule has 0 saturated carbocycles. The molecule has 9 heteroatoms. The van der Waals surface area contributed by atoms with Gasteiger partial charge in [0.25, 0.3) is 0 Å². The molecule has 0 aliphatic carbocycles. The van der Waals surface area contributed by atoms with Crippen LogP contribution in [0.2, 0.25) is 0 Å². The number of halogens is 1. The summed E-state index contributed by atoms with van der Waals surface area (Å²) in [4.78, 5) is 20.7. The minimum absolute atomic E-state index is 0. The average Bonchev–Trinajstić information content (AvgIpc) is 3.03. The summed E-state index contributed by atoms with van der Waals surface area (Å²) in [5.74, 6) is 1.30. The second-order valence-electron chi connectivity index (χ2n) is 6.84. The van der Waals surface area contributed by atoms with Crippen molar-refractivity contribution in [2.45, 2.75) is 33.3 Å². The van der Waals surface area contributed by atoms with Crippen molar-refractivity contribution in [2.24, 2.45) is 18.0 Å². The minimum atomic E-state index is 0. The molecule has 2 heterocycles. The quantitative estimate of drug-likeness (QED) is 0.357. The van der Waals surface area contributed by atoms with Gasteiger partial charge < -0.3 is 19.9 Å². The molecule has 0 aromatic carbocycles. The fourth-order valence-corrected chi connectivity index (χ4v) is 3.16. The van der Waals surface area contributed by atoms with Gasteiger partial charge in [-0.1, -0.05) is 13.8 Å². The average molecular weight is 492 g/mol. The third-order valence-corrected chi connectivity index (χ3v) is 4.57. The van der Waals surface area contributed by atoms with Crippen molar-refractivity contribution in [3.8, 4) is 0 Å². The summed E-state index contributed by atoms with van der Waals surface area (Å²) in [6.45, 7) is 9.53. The number of amides is 1. The van der Waals surface area contributed by atoms with Gasteiger partial charge in [0.2, 0.25) is 5.91 Å². The van der Waals surface area contributed by atoms with E-state index in [9.17, 15) is 4.79 Å². The van der Waals surface area contributed by atoms with Gasteiger partial charge in [-0.2, -0.15) is 5.10 Å². The number of ether oxygens (including phenoxy) is 1. The highest BCUT2D eigenvalue weighted by molar-refractivity contribution is 14.0. The summed E-state index contributed by atoms with van der Waals surface area (Å²) < 4.78 is 7.49. The van der Waals surface area contributed by atoms with Crippen LogP contribution in [-0.2, 0) is 16.6 Å². The van der Waals surface area contributed by atoms with Gasteiger partial charge in [-0.3, -0.25) is 14.5 Å².